The quantitative estimate of drug-likeness (QED) is 0.158. The molecule has 3 N–H and O–H groups in total. The average Bonchev–Trinajstić information content (AvgIpc) is 3.18. The van der Waals surface area contributed by atoms with Crippen LogP contribution in [0.5, 0.6) is 23.0 Å². The molecule has 4 amide bonds. The molecule has 0 saturated heterocycles. The van der Waals surface area contributed by atoms with E-state index in [0.29, 0.717) is 18.0 Å². The van der Waals surface area contributed by atoms with Crippen molar-refractivity contribution >= 4 is 23.6 Å². The van der Waals surface area contributed by atoms with Crippen LogP contribution in [0.25, 0.3) is 0 Å². The molecule has 5 rings (SSSR count). The minimum atomic E-state index is -1.16. The van der Waals surface area contributed by atoms with Crippen molar-refractivity contribution in [3.63, 3.8) is 0 Å². The van der Waals surface area contributed by atoms with Crippen LogP contribution in [-0.2, 0) is 20.8 Å². The van der Waals surface area contributed by atoms with E-state index in [1.807, 2.05) is 56.3 Å². The van der Waals surface area contributed by atoms with Crippen LogP contribution in [0.15, 0.2) is 97.1 Å². The lowest BCUT2D eigenvalue weighted by molar-refractivity contribution is -0.137. The van der Waals surface area contributed by atoms with Crippen molar-refractivity contribution in [2.45, 2.75) is 71.0 Å². The third-order valence-electron chi connectivity index (χ3n) is 9.09. The van der Waals surface area contributed by atoms with E-state index in [0.717, 1.165) is 24.0 Å². The minimum Gasteiger partial charge on any atom is -0.491 e. The Hall–Kier alpha value is -5.91. The van der Waals surface area contributed by atoms with Gasteiger partial charge in [-0.1, -0.05) is 79.6 Å². The fourth-order valence-corrected chi connectivity index (χ4v) is 6.08. The smallest absolute Gasteiger partial charge is 0.255 e. The zero-order chi connectivity index (χ0) is 39.2. The third kappa shape index (κ3) is 11.8. The van der Waals surface area contributed by atoms with Crippen LogP contribution in [0, 0.1) is 12.7 Å². The lowest BCUT2D eigenvalue weighted by Crippen LogP contribution is -2.52. The predicted octanol–water partition coefficient (Wildman–Crippen LogP) is 6.14. The fourth-order valence-electron chi connectivity index (χ4n) is 6.08. The van der Waals surface area contributed by atoms with Crippen LogP contribution in [0.3, 0.4) is 0 Å². The molecule has 290 valence electrons. The maximum atomic E-state index is 15.0. The van der Waals surface area contributed by atoms with Crippen molar-refractivity contribution in [3.8, 4) is 23.0 Å². The molecule has 3 atom stereocenters. The van der Waals surface area contributed by atoms with E-state index in [4.69, 9.17) is 14.2 Å². The summed E-state index contributed by atoms with van der Waals surface area (Å²) in [5.74, 6) is -1.62. The summed E-state index contributed by atoms with van der Waals surface area (Å²) >= 11 is 0. The Bertz CT molecular complexity index is 1910. The SMILES string of the molecule is CCCCN1CCOc2ccccc2C(=O)N[C@H](C(=O)N[C@H](C)COc2c(F)cccc2Oc2ccc(C)cc2)CCC(=O)N[C@@H](Cc2ccccc2)C1=O. The van der Waals surface area contributed by atoms with Gasteiger partial charge in [-0.3, -0.25) is 19.2 Å². The van der Waals surface area contributed by atoms with Gasteiger partial charge in [0.05, 0.1) is 18.2 Å². The molecule has 55 heavy (non-hydrogen) atoms. The van der Waals surface area contributed by atoms with Gasteiger partial charge in [0.2, 0.25) is 17.7 Å². The Morgan fingerprint density at radius 2 is 1.71 bits per heavy atom. The van der Waals surface area contributed by atoms with Gasteiger partial charge in [-0.05, 0) is 68.7 Å². The molecule has 4 aromatic carbocycles. The van der Waals surface area contributed by atoms with E-state index in [1.165, 1.54) is 12.1 Å². The molecule has 4 aromatic rings. The van der Waals surface area contributed by atoms with Crippen LogP contribution in [-0.4, -0.2) is 73.0 Å². The van der Waals surface area contributed by atoms with Gasteiger partial charge in [0.1, 0.15) is 36.8 Å². The molecule has 0 saturated carbocycles. The van der Waals surface area contributed by atoms with Crippen LogP contribution in [0.4, 0.5) is 4.39 Å². The number of para-hydroxylation sites is 2. The molecule has 12 heteroatoms. The Labute approximate surface area is 321 Å². The number of carbonyl (C=O) groups excluding carboxylic acids is 4. The second-order valence-electron chi connectivity index (χ2n) is 13.6. The molecule has 0 bridgehead atoms. The third-order valence-corrected chi connectivity index (χ3v) is 9.09. The highest BCUT2D eigenvalue weighted by atomic mass is 19.1. The monoisotopic (exact) mass is 752 g/mol. The summed E-state index contributed by atoms with van der Waals surface area (Å²) in [6.45, 7) is 6.35. The Balaban J connectivity index is 1.33. The number of hydrogen-bond acceptors (Lipinski definition) is 7. The summed E-state index contributed by atoms with van der Waals surface area (Å²) in [6, 6.07) is 25.0. The van der Waals surface area contributed by atoms with Gasteiger partial charge in [0.15, 0.2) is 17.3 Å². The molecule has 0 fully saturated rings. The molecule has 0 spiro atoms. The number of nitrogens with zero attached hydrogens (tertiary/aromatic N) is 1. The molecule has 11 nitrogen and oxygen atoms in total. The van der Waals surface area contributed by atoms with Crippen molar-refractivity contribution < 1.29 is 37.8 Å². The van der Waals surface area contributed by atoms with Gasteiger partial charge in [-0.15, -0.1) is 0 Å². The van der Waals surface area contributed by atoms with Gasteiger partial charge in [0, 0.05) is 19.4 Å². The number of fused-ring (bicyclic) bond motifs is 1. The van der Waals surface area contributed by atoms with Gasteiger partial charge >= 0.3 is 0 Å². The average molecular weight is 753 g/mol. The van der Waals surface area contributed by atoms with Crippen molar-refractivity contribution in [2.24, 2.45) is 0 Å². The molecule has 1 aliphatic rings. The fraction of sp³-hybridized carbons (Fsp3) is 0.349. The highest BCUT2D eigenvalue weighted by Gasteiger charge is 2.29. The number of aryl methyl sites for hydroxylation is 1. The first-order chi connectivity index (χ1) is 26.6. The van der Waals surface area contributed by atoms with Crippen molar-refractivity contribution in [1.29, 1.82) is 0 Å². The van der Waals surface area contributed by atoms with Crippen LogP contribution in [0.1, 0.15) is 61.0 Å². The molecule has 0 unspecified atom stereocenters. The van der Waals surface area contributed by atoms with E-state index in [1.54, 1.807) is 54.3 Å². The normalized spacial score (nSPS) is 17.3. The molecule has 1 aliphatic heterocycles. The van der Waals surface area contributed by atoms with Gasteiger partial charge < -0.3 is 35.1 Å². The van der Waals surface area contributed by atoms with Gasteiger partial charge in [0.25, 0.3) is 5.91 Å². The maximum Gasteiger partial charge on any atom is 0.255 e. The summed E-state index contributed by atoms with van der Waals surface area (Å²) < 4.78 is 32.7. The minimum absolute atomic E-state index is 0.0757. The molecule has 0 radical (unpaired) electrons. The van der Waals surface area contributed by atoms with E-state index < -0.39 is 41.7 Å². The summed E-state index contributed by atoms with van der Waals surface area (Å²) in [4.78, 5) is 56.7. The molecule has 1 heterocycles. The zero-order valence-corrected chi connectivity index (χ0v) is 31.5. The lowest BCUT2D eigenvalue weighted by Gasteiger charge is -2.28. The van der Waals surface area contributed by atoms with Crippen LogP contribution >= 0.6 is 0 Å². The molecule has 0 aromatic heterocycles. The highest BCUT2D eigenvalue weighted by Crippen LogP contribution is 2.34. The van der Waals surface area contributed by atoms with E-state index in [9.17, 15) is 23.6 Å². The lowest BCUT2D eigenvalue weighted by atomic mass is 10.0. The van der Waals surface area contributed by atoms with Gasteiger partial charge in [-0.25, -0.2) is 4.39 Å². The number of benzene rings is 4. The topological polar surface area (TPSA) is 135 Å². The number of carbonyl (C=O) groups is 4. The summed E-state index contributed by atoms with van der Waals surface area (Å²) in [5.41, 5.74) is 2.12. The second-order valence-corrected chi connectivity index (χ2v) is 13.6. The number of amides is 4. The first kappa shape index (κ1) is 40.3. The highest BCUT2D eigenvalue weighted by molar-refractivity contribution is 6.00. The number of nitrogens with one attached hydrogen (secondary N) is 3. The van der Waals surface area contributed by atoms with Crippen LogP contribution < -0.4 is 30.2 Å². The predicted molar refractivity (Wildman–Crippen MR) is 207 cm³/mol. The zero-order valence-electron chi connectivity index (χ0n) is 31.5. The molecular weight excluding hydrogens is 703 g/mol. The maximum absolute atomic E-state index is 15.0. The van der Waals surface area contributed by atoms with Gasteiger partial charge in [-0.2, -0.15) is 0 Å². The first-order valence-corrected chi connectivity index (χ1v) is 18.7. The number of rotatable bonds is 12. The van der Waals surface area contributed by atoms with Crippen molar-refractivity contribution in [2.75, 3.05) is 26.3 Å². The summed E-state index contributed by atoms with van der Waals surface area (Å²) in [7, 11) is 0. The van der Waals surface area contributed by atoms with Crippen molar-refractivity contribution in [1.82, 2.24) is 20.9 Å². The Morgan fingerprint density at radius 3 is 2.47 bits per heavy atom. The summed E-state index contributed by atoms with van der Waals surface area (Å²) in [6.07, 6.45) is 1.66. The number of halogens is 1. The molecule has 0 aliphatic carbocycles. The summed E-state index contributed by atoms with van der Waals surface area (Å²) in [5, 5.41) is 8.51. The van der Waals surface area contributed by atoms with Crippen LogP contribution in [0.2, 0.25) is 0 Å². The number of ether oxygens (including phenoxy) is 3. The molecular formula is C43H49FN4O7. The van der Waals surface area contributed by atoms with E-state index in [-0.39, 0.29) is 62.0 Å². The first-order valence-electron chi connectivity index (χ1n) is 18.7. The van der Waals surface area contributed by atoms with Crippen molar-refractivity contribution in [3.05, 3.63) is 120 Å². The Morgan fingerprint density at radius 1 is 0.964 bits per heavy atom. The standard InChI is InChI=1S/C43H49FN4O7/c1-4-5-24-48-25-26-53-37-16-10-9-14-33(37)41(50)47-35(22-23-39(49)46-36(43(48)52)27-31-12-7-6-8-13-31)42(51)45-30(3)28-54-40-34(44)15-11-17-38(40)55-32-20-18-29(2)19-21-32/h6-21,30,35-36H,4-5,22-28H2,1-3H3,(H,45,51)(H,46,49)(H,47,50)/t30-,35+,36+/m1/s1. The Kier molecular flexibility index (Phi) is 14.6. The van der Waals surface area contributed by atoms with E-state index in [2.05, 4.69) is 16.0 Å². The second kappa shape index (κ2) is 20.0. The number of unbranched alkanes of at least 4 members (excludes halogenated alkanes) is 1. The number of hydrogen-bond donors (Lipinski definition) is 3. The largest absolute Gasteiger partial charge is 0.491 e. The van der Waals surface area contributed by atoms with E-state index >= 15 is 0 Å².